The number of rotatable bonds is 4. The first kappa shape index (κ1) is 16.3. The molecule has 0 radical (unpaired) electrons. The van der Waals surface area contributed by atoms with E-state index in [1.165, 1.54) is 11.1 Å². The van der Waals surface area contributed by atoms with Gasteiger partial charge in [0.25, 0.3) is 0 Å². The average molecular weight is 335 g/mol. The van der Waals surface area contributed by atoms with Crippen molar-refractivity contribution in [3.63, 3.8) is 0 Å². The Bertz CT molecular complexity index is 700. The highest BCUT2D eigenvalue weighted by Crippen LogP contribution is 2.42. The minimum atomic E-state index is -2.87. The Morgan fingerprint density at radius 2 is 2.09 bits per heavy atom. The fourth-order valence-corrected chi connectivity index (χ4v) is 4.94. The van der Waals surface area contributed by atoms with Crippen molar-refractivity contribution in [1.82, 2.24) is 10.6 Å². The molecule has 3 atom stereocenters. The predicted octanol–water partition coefficient (Wildman–Crippen LogP) is 1.59. The van der Waals surface area contributed by atoms with Gasteiger partial charge in [0, 0.05) is 24.5 Å². The predicted molar refractivity (Wildman–Crippen MR) is 93.6 cm³/mol. The summed E-state index contributed by atoms with van der Waals surface area (Å²) in [6.07, 6.45) is 1.76. The molecule has 3 unspecified atom stereocenters. The summed E-state index contributed by atoms with van der Waals surface area (Å²) >= 11 is 0. The zero-order valence-electron chi connectivity index (χ0n) is 13.7. The van der Waals surface area contributed by atoms with Crippen LogP contribution >= 0.6 is 0 Å². The lowest BCUT2D eigenvalue weighted by atomic mass is 10.0. The van der Waals surface area contributed by atoms with Crippen LogP contribution in [0.4, 0.5) is 0 Å². The summed E-state index contributed by atoms with van der Waals surface area (Å²) in [6, 6.07) is 8.85. The van der Waals surface area contributed by atoms with Gasteiger partial charge >= 0.3 is 0 Å². The molecule has 0 bridgehead atoms. The number of benzene rings is 1. The fourth-order valence-electron chi connectivity index (χ4n) is 3.27. The van der Waals surface area contributed by atoms with Gasteiger partial charge in [0.2, 0.25) is 0 Å². The lowest BCUT2D eigenvalue weighted by Crippen LogP contribution is -2.45. The van der Waals surface area contributed by atoms with Crippen molar-refractivity contribution in [3.05, 3.63) is 35.4 Å². The summed E-state index contributed by atoms with van der Waals surface area (Å²) < 4.78 is 23.2. The summed E-state index contributed by atoms with van der Waals surface area (Å²) in [7, 11) is -2.87. The van der Waals surface area contributed by atoms with Gasteiger partial charge in [-0.05, 0) is 37.8 Å². The Labute approximate surface area is 138 Å². The SMILES string of the molecule is CCN=C(NC1CCS(=O)(=O)C1)NC1CC1c1ccccc1C. The van der Waals surface area contributed by atoms with Crippen molar-refractivity contribution in [2.45, 2.75) is 44.7 Å². The molecule has 0 spiro atoms. The minimum Gasteiger partial charge on any atom is -0.353 e. The van der Waals surface area contributed by atoms with Crippen LogP contribution in [-0.4, -0.2) is 44.5 Å². The third-order valence-electron chi connectivity index (χ3n) is 4.59. The highest BCUT2D eigenvalue weighted by atomic mass is 32.2. The van der Waals surface area contributed by atoms with Crippen LogP contribution < -0.4 is 10.6 Å². The lowest BCUT2D eigenvalue weighted by molar-refractivity contribution is 0.599. The van der Waals surface area contributed by atoms with Gasteiger partial charge in [-0.15, -0.1) is 0 Å². The highest BCUT2D eigenvalue weighted by Gasteiger charge is 2.40. The van der Waals surface area contributed by atoms with Crippen LogP contribution in [0.3, 0.4) is 0 Å². The normalized spacial score (nSPS) is 29.3. The summed E-state index contributed by atoms with van der Waals surface area (Å²) in [6.45, 7) is 4.81. The summed E-state index contributed by atoms with van der Waals surface area (Å²) in [5.74, 6) is 1.76. The molecule has 5 nitrogen and oxygen atoms in total. The second kappa shape index (κ2) is 6.51. The van der Waals surface area contributed by atoms with E-state index in [1.54, 1.807) is 0 Å². The number of nitrogens with one attached hydrogen (secondary N) is 2. The number of aryl methyl sites for hydroxylation is 1. The molecule has 0 aromatic heterocycles. The maximum atomic E-state index is 11.6. The van der Waals surface area contributed by atoms with Crippen molar-refractivity contribution in [2.24, 2.45) is 4.99 Å². The van der Waals surface area contributed by atoms with Crippen molar-refractivity contribution in [3.8, 4) is 0 Å². The van der Waals surface area contributed by atoms with E-state index in [9.17, 15) is 8.42 Å². The van der Waals surface area contributed by atoms with E-state index in [1.807, 2.05) is 6.92 Å². The summed E-state index contributed by atoms with van der Waals surface area (Å²) in [4.78, 5) is 4.47. The largest absolute Gasteiger partial charge is 0.353 e. The Balaban J connectivity index is 1.59. The third-order valence-corrected chi connectivity index (χ3v) is 6.36. The topological polar surface area (TPSA) is 70.6 Å². The molecular formula is C17H25N3O2S. The molecule has 3 rings (SSSR count). The molecule has 2 fully saturated rings. The first-order valence-electron chi connectivity index (χ1n) is 8.32. The Morgan fingerprint density at radius 1 is 1.30 bits per heavy atom. The summed E-state index contributed by atoms with van der Waals surface area (Å²) in [5.41, 5.74) is 2.72. The zero-order valence-corrected chi connectivity index (χ0v) is 14.6. The minimum absolute atomic E-state index is 0.0199. The lowest BCUT2D eigenvalue weighted by Gasteiger charge is -2.17. The Kier molecular flexibility index (Phi) is 4.62. The van der Waals surface area contributed by atoms with Gasteiger partial charge in [0.15, 0.2) is 15.8 Å². The highest BCUT2D eigenvalue weighted by molar-refractivity contribution is 7.91. The third kappa shape index (κ3) is 4.05. The Morgan fingerprint density at radius 3 is 2.74 bits per heavy atom. The molecule has 126 valence electrons. The molecule has 1 aliphatic heterocycles. The van der Waals surface area contributed by atoms with E-state index >= 15 is 0 Å². The van der Waals surface area contributed by atoms with Gasteiger partial charge in [-0.2, -0.15) is 0 Å². The molecule has 1 aromatic rings. The fraction of sp³-hybridized carbons (Fsp3) is 0.588. The second-order valence-corrected chi connectivity index (χ2v) is 8.75. The van der Waals surface area contributed by atoms with E-state index in [2.05, 4.69) is 46.8 Å². The number of hydrogen-bond donors (Lipinski definition) is 2. The molecule has 1 saturated heterocycles. The molecule has 1 heterocycles. The van der Waals surface area contributed by atoms with Crippen LogP contribution in [0.25, 0.3) is 0 Å². The Hall–Kier alpha value is -1.56. The maximum Gasteiger partial charge on any atom is 0.191 e. The van der Waals surface area contributed by atoms with E-state index < -0.39 is 9.84 Å². The molecule has 6 heteroatoms. The van der Waals surface area contributed by atoms with Crippen LogP contribution in [0.1, 0.15) is 36.8 Å². The monoisotopic (exact) mass is 335 g/mol. The van der Waals surface area contributed by atoms with E-state index in [0.717, 1.165) is 12.4 Å². The van der Waals surface area contributed by atoms with E-state index in [-0.39, 0.29) is 17.5 Å². The molecular weight excluding hydrogens is 310 g/mol. The standard InChI is InChI=1S/C17H25N3O2S/c1-3-18-17(19-13-8-9-23(21,22)11-13)20-16-10-15(16)14-7-5-4-6-12(14)2/h4-7,13,15-16H,3,8-11H2,1-2H3,(H2,18,19,20). The van der Waals surface area contributed by atoms with Gasteiger partial charge in [-0.3, -0.25) is 4.99 Å². The van der Waals surface area contributed by atoms with Crippen molar-refractivity contribution in [1.29, 1.82) is 0 Å². The molecule has 2 aliphatic rings. The van der Waals surface area contributed by atoms with Crippen LogP contribution in [0.15, 0.2) is 29.3 Å². The van der Waals surface area contributed by atoms with Gasteiger partial charge in [-0.25, -0.2) is 8.42 Å². The quantitative estimate of drug-likeness (QED) is 0.648. The zero-order chi connectivity index (χ0) is 16.4. The molecule has 23 heavy (non-hydrogen) atoms. The van der Waals surface area contributed by atoms with Crippen molar-refractivity contribution < 1.29 is 8.42 Å². The average Bonchev–Trinajstić information content (AvgIpc) is 3.15. The van der Waals surface area contributed by atoms with E-state index in [4.69, 9.17) is 0 Å². The van der Waals surface area contributed by atoms with Crippen LogP contribution in [0.5, 0.6) is 0 Å². The maximum absolute atomic E-state index is 11.6. The van der Waals surface area contributed by atoms with Crippen molar-refractivity contribution in [2.75, 3.05) is 18.1 Å². The first-order chi connectivity index (χ1) is 11.0. The second-order valence-electron chi connectivity index (χ2n) is 6.52. The summed E-state index contributed by atoms with van der Waals surface area (Å²) in [5, 5.41) is 6.76. The smallest absolute Gasteiger partial charge is 0.191 e. The number of hydrogen-bond acceptors (Lipinski definition) is 3. The van der Waals surface area contributed by atoms with Crippen LogP contribution in [-0.2, 0) is 9.84 Å². The van der Waals surface area contributed by atoms with Crippen LogP contribution in [0, 0.1) is 6.92 Å². The number of guanidine groups is 1. The van der Waals surface area contributed by atoms with Gasteiger partial charge < -0.3 is 10.6 Å². The molecule has 1 aliphatic carbocycles. The molecule has 1 saturated carbocycles. The van der Waals surface area contributed by atoms with Gasteiger partial charge in [0.05, 0.1) is 11.5 Å². The molecule has 2 N–H and O–H groups in total. The van der Waals surface area contributed by atoms with Crippen molar-refractivity contribution >= 4 is 15.8 Å². The van der Waals surface area contributed by atoms with E-state index in [0.29, 0.717) is 24.9 Å². The van der Waals surface area contributed by atoms with Crippen LogP contribution in [0.2, 0.25) is 0 Å². The van der Waals surface area contributed by atoms with Gasteiger partial charge in [-0.1, -0.05) is 24.3 Å². The van der Waals surface area contributed by atoms with Gasteiger partial charge in [0.1, 0.15) is 0 Å². The number of sulfone groups is 1. The number of nitrogens with zero attached hydrogens (tertiary/aromatic N) is 1. The molecule has 1 aromatic carbocycles. The number of aliphatic imine (C=N–C) groups is 1. The molecule has 0 amide bonds. The first-order valence-corrected chi connectivity index (χ1v) is 10.1.